The average Bonchev–Trinajstić information content (AvgIpc) is 2.57. The highest BCUT2D eigenvalue weighted by Crippen LogP contribution is 2.33. The number of phenolic OH excluding ortho intramolecular Hbond substituents is 1. The van der Waals surface area contributed by atoms with Crippen LogP contribution in [0.1, 0.15) is 18.1 Å². The van der Waals surface area contributed by atoms with Gasteiger partial charge in [-0.25, -0.2) is 4.79 Å². The van der Waals surface area contributed by atoms with Crippen molar-refractivity contribution in [1.82, 2.24) is 0 Å². The molecule has 5 heteroatoms. The Hall–Kier alpha value is -2.82. The maximum atomic E-state index is 12.9. The molecule has 0 spiro atoms. The van der Waals surface area contributed by atoms with Gasteiger partial charge in [0.05, 0.1) is 19.2 Å². The first-order chi connectivity index (χ1) is 11.5. The summed E-state index contributed by atoms with van der Waals surface area (Å²) in [5.74, 6) is -0.880. The van der Waals surface area contributed by atoms with Gasteiger partial charge >= 0.3 is 5.97 Å². The topological polar surface area (TPSA) is 66.8 Å². The normalized spacial score (nSPS) is 11.6. The Bertz CT molecular complexity index is 707. The predicted octanol–water partition coefficient (Wildman–Crippen LogP) is 2.84. The lowest BCUT2D eigenvalue weighted by Crippen LogP contribution is -2.45. The molecule has 1 atom stereocenters. The van der Waals surface area contributed by atoms with Gasteiger partial charge in [0.15, 0.2) is 0 Å². The second-order valence-electron chi connectivity index (χ2n) is 5.57. The molecule has 2 rings (SSSR count). The number of rotatable bonds is 5. The van der Waals surface area contributed by atoms with E-state index in [0.29, 0.717) is 11.3 Å². The van der Waals surface area contributed by atoms with Crippen LogP contribution in [0.15, 0.2) is 48.5 Å². The third-order valence-corrected chi connectivity index (χ3v) is 3.85. The summed E-state index contributed by atoms with van der Waals surface area (Å²) in [5.41, 5.74) is 1.86. The molecule has 1 unspecified atom stereocenters. The Kier molecular flexibility index (Phi) is 5.58. The minimum Gasteiger partial charge on any atom is -0.506 e. The number of amides is 1. The van der Waals surface area contributed by atoms with Crippen molar-refractivity contribution in [2.24, 2.45) is 0 Å². The van der Waals surface area contributed by atoms with Crippen molar-refractivity contribution in [2.45, 2.75) is 26.3 Å². The van der Waals surface area contributed by atoms with Gasteiger partial charge in [-0.2, -0.15) is 0 Å². The van der Waals surface area contributed by atoms with Crippen molar-refractivity contribution in [1.29, 1.82) is 0 Å². The molecule has 126 valence electrons. The van der Waals surface area contributed by atoms with Crippen LogP contribution in [-0.2, 0) is 20.7 Å². The Balaban J connectivity index is 2.43. The molecule has 0 aromatic heterocycles. The molecule has 0 aliphatic carbocycles. The zero-order valence-electron chi connectivity index (χ0n) is 14.0. The number of hydrogen-bond acceptors (Lipinski definition) is 4. The molecule has 1 N–H and O–H groups in total. The lowest BCUT2D eigenvalue weighted by atomic mass is 10.1. The highest BCUT2D eigenvalue weighted by Gasteiger charge is 2.30. The van der Waals surface area contributed by atoms with Gasteiger partial charge in [-0.05, 0) is 31.0 Å². The number of carbonyl (C=O) groups is 2. The number of phenols is 1. The minimum absolute atomic E-state index is 0.0489. The Labute approximate surface area is 141 Å². The van der Waals surface area contributed by atoms with Gasteiger partial charge in [-0.1, -0.05) is 42.5 Å². The zero-order chi connectivity index (χ0) is 17.7. The van der Waals surface area contributed by atoms with Gasteiger partial charge in [0.25, 0.3) is 0 Å². The van der Waals surface area contributed by atoms with Gasteiger partial charge in [0.1, 0.15) is 11.8 Å². The van der Waals surface area contributed by atoms with E-state index in [1.807, 2.05) is 30.3 Å². The Morgan fingerprint density at radius 3 is 2.38 bits per heavy atom. The summed E-state index contributed by atoms with van der Waals surface area (Å²) >= 11 is 0. The first-order valence-electron chi connectivity index (χ1n) is 7.68. The third-order valence-electron chi connectivity index (χ3n) is 3.85. The molecule has 0 radical (unpaired) electrons. The molecular formula is C19H21NO4. The van der Waals surface area contributed by atoms with Crippen molar-refractivity contribution >= 4 is 17.6 Å². The van der Waals surface area contributed by atoms with Crippen molar-refractivity contribution in [3.8, 4) is 5.75 Å². The molecule has 2 aromatic carbocycles. The molecule has 0 saturated carbocycles. The standard InChI is InChI=1S/C19H21NO4/c1-13-8-7-11-16(21)18(13)20(14(2)19(23)24-3)17(22)12-15-9-5-4-6-10-15/h4-11,14,21H,12H2,1-3H3. The predicted molar refractivity (Wildman–Crippen MR) is 92.0 cm³/mol. The molecule has 2 aromatic rings. The molecule has 24 heavy (non-hydrogen) atoms. The van der Waals surface area contributed by atoms with Crippen molar-refractivity contribution in [3.05, 3.63) is 59.7 Å². The van der Waals surface area contributed by atoms with Gasteiger partial charge < -0.3 is 9.84 Å². The number of benzene rings is 2. The van der Waals surface area contributed by atoms with Crippen LogP contribution in [0.2, 0.25) is 0 Å². The fraction of sp³-hybridized carbons (Fsp3) is 0.263. The van der Waals surface area contributed by atoms with E-state index >= 15 is 0 Å². The second kappa shape index (κ2) is 7.64. The fourth-order valence-electron chi connectivity index (χ4n) is 2.62. The van der Waals surface area contributed by atoms with E-state index in [-0.39, 0.29) is 18.1 Å². The Morgan fingerprint density at radius 1 is 1.12 bits per heavy atom. The quantitative estimate of drug-likeness (QED) is 0.858. The van der Waals surface area contributed by atoms with Crippen LogP contribution in [0.3, 0.4) is 0 Å². The monoisotopic (exact) mass is 327 g/mol. The zero-order valence-corrected chi connectivity index (χ0v) is 14.0. The van der Waals surface area contributed by atoms with Crippen molar-refractivity contribution < 1.29 is 19.4 Å². The van der Waals surface area contributed by atoms with E-state index in [2.05, 4.69) is 0 Å². The van der Waals surface area contributed by atoms with Crippen LogP contribution in [0.4, 0.5) is 5.69 Å². The van der Waals surface area contributed by atoms with Crippen LogP contribution in [-0.4, -0.2) is 30.1 Å². The van der Waals surface area contributed by atoms with Crippen molar-refractivity contribution in [3.63, 3.8) is 0 Å². The molecule has 0 bridgehead atoms. The minimum atomic E-state index is -0.849. The number of carbonyl (C=O) groups excluding carboxylic acids is 2. The van der Waals surface area contributed by atoms with Crippen LogP contribution < -0.4 is 4.90 Å². The summed E-state index contributed by atoms with van der Waals surface area (Å²) in [6, 6.07) is 13.4. The van der Waals surface area contributed by atoms with E-state index in [9.17, 15) is 14.7 Å². The van der Waals surface area contributed by atoms with Crippen LogP contribution in [0.25, 0.3) is 0 Å². The highest BCUT2D eigenvalue weighted by atomic mass is 16.5. The second-order valence-corrected chi connectivity index (χ2v) is 5.57. The first-order valence-corrected chi connectivity index (χ1v) is 7.68. The van der Waals surface area contributed by atoms with E-state index in [4.69, 9.17) is 4.74 Å². The molecule has 5 nitrogen and oxygen atoms in total. The van der Waals surface area contributed by atoms with Gasteiger partial charge in [0.2, 0.25) is 5.91 Å². The SMILES string of the molecule is COC(=O)C(C)N(C(=O)Cc1ccccc1)c1c(C)cccc1O. The number of para-hydroxylation sites is 1. The number of hydrogen-bond donors (Lipinski definition) is 1. The third kappa shape index (κ3) is 3.74. The Morgan fingerprint density at radius 2 is 1.79 bits per heavy atom. The molecule has 0 heterocycles. The summed E-state index contributed by atoms with van der Waals surface area (Å²) in [7, 11) is 1.27. The number of esters is 1. The summed E-state index contributed by atoms with van der Waals surface area (Å²) < 4.78 is 4.78. The van der Waals surface area contributed by atoms with E-state index < -0.39 is 12.0 Å². The van der Waals surface area contributed by atoms with E-state index in [1.54, 1.807) is 26.0 Å². The molecule has 0 saturated heterocycles. The lowest BCUT2D eigenvalue weighted by Gasteiger charge is -2.29. The largest absolute Gasteiger partial charge is 0.506 e. The van der Waals surface area contributed by atoms with Crippen molar-refractivity contribution in [2.75, 3.05) is 12.0 Å². The van der Waals surface area contributed by atoms with Gasteiger partial charge in [0, 0.05) is 0 Å². The first kappa shape index (κ1) is 17.5. The molecular weight excluding hydrogens is 306 g/mol. The molecule has 0 fully saturated rings. The molecule has 0 aliphatic rings. The number of ether oxygens (including phenoxy) is 1. The fourth-order valence-corrected chi connectivity index (χ4v) is 2.62. The van der Waals surface area contributed by atoms with Crippen LogP contribution in [0.5, 0.6) is 5.75 Å². The molecule has 1 amide bonds. The lowest BCUT2D eigenvalue weighted by molar-refractivity contribution is -0.143. The summed E-state index contributed by atoms with van der Waals surface area (Å²) in [5, 5.41) is 10.2. The average molecular weight is 327 g/mol. The van der Waals surface area contributed by atoms with Crippen LogP contribution in [0, 0.1) is 6.92 Å². The number of aromatic hydroxyl groups is 1. The number of methoxy groups -OCH3 is 1. The van der Waals surface area contributed by atoms with E-state index in [0.717, 1.165) is 5.56 Å². The molecule has 0 aliphatic heterocycles. The summed E-state index contributed by atoms with van der Waals surface area (Å²) in [6.45, 7) is 3.36. The highest BCUT2D eigenvalue weighted by molar-refractivity contribution is 6.02. The number of anilines is 1. The number of nitrogens with zero attached hydrogens (tertiary/aromatic N) is 1. The van der Waals surface area contributed by atoms with Gasteiger partial charge in [-0.3, -0.25) is 9.69 Å². The maximum absolute atomic E-state index is 12.9. The van der Waals surface area contributed by atoms with Gasteiger partial charge in [-0.15, -0.1) is 0 Å². The summed E-state index contributed by atoms with van der Waals surface area (Å²) in [6.07, 6.45) is 0.121. The van der Waals surface area contributed by atoms with Crippen LogP contribution >= 0.6 is 0 Å². The smallest absolute Gasteiger partial charge is 0.328 e. The number of aryl methyl sites for hydroxylation is 1. The summed E-state index contributed by atoms with van der Waals surface area (Å²) in [4.78, 5) is 26.2. The van der Waals surface area contributed by atoms with E-state index in [1.165, 1.54) is 18.1 Å². The maximum Gasteiger partial charge on any atom is 0.328 e.